The van der Waals surface area contributed by atoms with E-state index >= 15 is 0 Å². The van der Waals surface area contributed by atoms with E-state index in [1.165, 1.54) is 0 Å². The third-order valence-corrected chi connectivity index (χ3v) is 5.99. The summed E-state index contributed by atoms with van der Waals surface area (Å²) in [6.45, 7) is 0. The second-order valence-electron chi connectivity index (χ2n) is 7.88. The van der Waals surface area contributed by atoms with Crippen molar-refractivity contribution in [2.75, 3.05) is 0 Å². The average Bonchev–Trinajstić information content (AvgIpc) is 2.86. The van der Waals surface area contributed by atoms with Crippen molar-refractivity contribution in [1.82, 2.24) is 0 Å². The van der Waals surface area contributed by atoms with Gasteiger partial charge in [-0.05, 0) is 57.9 Å². The van der Waals surface area contributed by atoms with Crippen molar-refractivity contribution in [3.63, 3.8) is 0 Å². The number of nitrogens with zero attached hydrogens (tertiary/aromatic N) is 4. The largest absolute Gasteiger partial charge is 0.192 e. The normalized spacial score (nSPS) is 10.2. The zero-order valence-corrected chi connectivity index (χ0v) is 17.9. The van der Waals surface area contributed by atoms with Crippen LogP contribution in [0, 0.1) is 45.3 Å². The average molecular weight is 430 g/mol. The number of nitriles is 4. The molecule has 0 spiro atoms. The van der Waals surface area contributed by atoms with E-state index in [0.717, 1.165) is 21.5 Å². The fourth-order valence-electron chi connectivity index (χ4n) is 4.34. The SMILES string of the molecule is N#Cc1cc2ccccc2cc(C#N)c2cc3c(C#N)cc4ccccc4cc(C#N)c3cc12. The van der Waals surface area contributed by atoms with Crippen molar-refractivity contribution in [3.05, 3.63) is 107 Å². The van der Waals surface area contributed by atoms with Crippen LogP contribution in [-0.2, 0) is 0 Å². The minimum Gasteiger partial charge on any atom is -0.192 e. The van der Waals surface area contributed by atoms with Crippen LogP contribution in [0.5, 0.6) is 0 Å². The highest BCUT2D eigenvalue weighted by molar-refractivity contribution is 6.07. The Kier molecular flexibility index (Phi) is 4.97. The molecule has 0 aliphatic rings. The van der Waals surface area contributed by atoms with Gasteiger partial charge in [0.15, 0.2) is 0 Å². The van der Waals surface area contributed by atoms with Gasteiger partial charge in [0.2, 0.25) is 0 Å². The van der Waals surface area contributed by atoms with Crippen molar-refractivity contribution >= 4 is 43.1 Å². The van der Waals surface area contributed by atoms with Gasteiger partial charge in [-0.15, -0.1) is 0 Å². The molecule has 154 valence electrons. The molecule has 0 amide bonds. The second kappa shape index (κ2) is 8.26. The van der Waals surface area contributed by atoms with Gasteiger partial charge in [-0.2, -0.15) is 21.0 Å². The van der Waals surface area contributed by atoms with E-state index in [4.69, 9.17) is 0 Å². The molecule has 0 heterocycles. The molecule has 5 rings (SSSR count). The molecule has 34 heavy (non-hydrogen) atoms. The Morgan fingerprint density at radius 2 is 0.588 bits per heavy atom. The smallest absolute Gasteiger partial charge is 0.0998 e. The summed E-state index contributed by atoms with van der Waals surface area (Å²) in [5, 5.41) is 45.6. The van der Waals surface area contributed by atoms with Crippen molar-refractivity contribution in [3.8, 4) is 24.3 Å². The summed E-state index contributed by atoms with van der Waals surface area (Å²) in [5.41, 5.74) is 1.53. The van der Waals surface area contributed by atoms with Crippen LogP contribution in [0.15, 0.2) is 84.9 Å². The Morgan fingerprint density at radius 3 is 0.794 bits per heavy atom. The summed E-state index contributed by atoms with van der Waals surface area (Å²) in [7, 11) is 0. The molecule has 0 aromatic heterocycles. The molecule has 5 aromatic rings. The van der Waals surface area contributed by atoms with E-state index < -0.39 is 0 Å². The van der Waals surface area contributed by atoms with Gasteiger partial charge >= 0.3 is 0 Å². The molecule has 0 fully saturated rings. The molecule has 0 N–H and O–H groups in total. The monoisotopic (exact) mass is 430 g/mol. The molecule has 0 bridgehead atoms. The van der Waals surface area contributed by atoms with Crippen molar-refractivity contribution in [1.29, 1.82) is 21.0 Å². The number of hydrogen-bond acceptors (Lipinski definition) is 4. The van der Waals surface area contributed by atoms with Gasteiger partial charge in [0, 0.05) is 21.5 Å². The van der Waals surface area contributed by atoms with Crippen LogP contribution in [0.4, 0.5) is 0 Å². The minimum absolute atomic E-state index is 0.383. The maximum atomic E-state index is 10.0. The topological polar surface area (TPSA) is 95.2 Å². The minimum atomic E-state index is 0.383. The first-order valence-corrected chi connectivity index (χ1v) is 10.5. The van der Waals surface area contributed by atoms with Crippen molar-refractivity contribution in [2.45, 2.75) is 0 Å². The predicted octanol–water partition coefficient (Wildman–Crippen LogP) is 6.91. The highest BCUT2D eigenvalue weighted by Gasteiger charge is 2.12. The van der Waals surface area contributed by atoms with Crippen LogP contribution in [0.25, 0.3) is 43.1 Å². The van der Waals surface area contributed by atoms with Crippen LogP contribution in [0.2, 0.25) is 0 Å². The number of rotatable bonds is 0. The summed E-state index contributed by atoms with van der Waals surface area (Å²) in [5.74, 6) is 0. The Morgan fingerprint density at radius 1 is 0.353 bits per heavy atom. The number of fused-ring (bicyclic) bond motifs is 4. The van der Waals surface area contributed by atoms with E-state index in [-0.39, 0.29) is 0 Å². The van der Waals surface area contributed by atoms with E-state index in [1.807, 2.05) is 48.5 Å². The zero-order chi connectivity index (χ0) is 23.7. The van der Waals surface area contributed by atoms with Gasteiger partial charge in [0.05, 0.1) is 46.5 Å². The maximum absolute atomic E-state index is 10.0. The molecule has 4 heteroatoms. The molecule has 4 nitrogen and oxygen atoms in total. The second-order valence-corrected chi connectivity index (χ2v) is 7.88. The van der Waals surface area contributed by atoms with E-state index in [1.54, 1.807) is 36.4 Å². The lowest BCUT2D eigenvalue weighted by molar-refractivity contribution is 1.49. The predicted molar refractivity (Wildman–Crippen MR) is 133 cm³/mol. The fraction of sp³-hybridized carbons (Fsp3) is 0. The summed E-state index contributed by atoms with van der Waals surface area (Å²) >= 11 is 0. The van der Waals surface area contributed by atoms with Gasteiger partial charge in [-0.3, -0.25) is 0 Å². The standard InChI is InChI=1S/C30H14N4/c31-15-23-9-19-5-1-2-6-20(19)10-24(16-32)28-14-30-26(18-34)12-22-8-4-3-7-21(22)11-25(17-33)29(30)13-27(23)28/h1-14H. The molecule has 0 radical (unpaired) electrons. The van der Waals surface area contributed by atoms with Crippen LogP contribution in [0.3, 0.4) is 0 Å². The number of hydrogen-bond donors (Lipinski definition) is 0. The molecule has 5 aromatic carbocycles. The maximum Gasteiger partial charge on any atom is 0.0998 e. The molecular formula is C30H14N4. The first kappa shape index (κ1) is 20.5. The van der Waals surface area contributed by atoms with Crippen LogP contribution in [-0.4, -0.2) is 0 Å². The van der Waals surface area contributed by atoms with E-state index in [0.29, 0.717) is 43.8 Å². The Labute approximate surface area is 195 Å². The van der Waals surface area contributed by atoms with Gasteiger partial charge < -0.3 is 0 Å². The molecular weight excluding hydrogens is 416 g/mol. The third kappa shape index (κ3) is 3.30. The van der Waals surface area contributed by atoms with Gasteiger partial charge in [-0.1, -0.05) is 48.5 Å². The molecule has 0 saturated carbocycles. The third-order valence-electron chi connectivity index (χ3n) is 5.99. The molecule has 0 atom stereocenters. The quantitative estimate of drug-likeness (QED) is 0.267. The molecule has 0 aliphatic carbocycles. The molecule has 0 unspecified atom stereocenters. The lowest BCUT2D eigenvalue weighted by Crippen LogP contribution is -1.89. The zero-order valence-electron chi connectivity index (χ0n) is 17.9. The van der Waals surface area contributed by atoms with Gasteiger partial charge in [-0.25, -0.2) is 0 Å². The number of benzene rings is 3. The summed E-state index contributed by atoms with van der Waals surface area (Å²) in [6, 6.07) is 34.8. The molecule has 0 aliphatic heterocycles. The first-order valence-electron chi connectivity index (χ1n) is 10.5. The van der Waals surface area contributed by atoms with E-state index in [9.17, 15) is 21.0 Å². The Bertz CT molecular complexity index is 1630. The highest BCUT2D eigenvalue weighted by Crippen LogP contribution is 2.32. The lowest BCUT2D eigenvalue weighted by Gasteiger charge is -2.08. The van der Waals surface area contributed by atoms with E-state index in [2.05, 4.69) is 24.3 Å². The summed E-state index contributed by atoms with van der Waals surface area (Å²) < 4.78 is 0. The summed E-state index contributed by atoms with van der Waals surface area (Å²) in [4.78, 5) is 0. The van der Waals surface area contributed by atoms with Crippen molar-refractivity contribution in [2.24, 2.45) is 0 Å². The molecule has 0 saturated heterocycles. The Hall–Kier alpha value is -5.42. The van der Waals surface area contributed by atoms with Crippen molar-refractivity contribution < 1.29 is 0 Å². The van der Waals surface area contributed by atoms with Gasteiger partial charge in [0.1, 0.15) is 0 Å². The lowest BCUT2D eigenvalue weighted by atomic mass is 9.93. The summed E-state index contributed by atoms with van der Waals surface area (Å²) in [6.07, 6.45) is 0. The highest BCUT2D eigenvalue weighted by atomic mass is 14.3. The first-order chi connectivity index (χ1) is 16.7. The fourth-order valence-corrected chi connectivity index (χ4v) is 4.34. The van der Waals surface area contributed by atoms with Crippen LogP contribution >= 0.6 is 0 Å². The van der Waals surface area contributed by atoms with Crippen LogP contribution in [0.1, 0.15) is 22.3 Å². The van der Waals surface area contributed by atoms with Crippen LogP contribution < -0.4 is 0 Å². The Balaban J connectivity index is 2.14. The van der Waals surface area contributed by atoms with Gasteiger partial charge in [0.25, 0.3) is 0 Å².